The third kappa shape index (κ3) is 5.34. The molecular weight excluding hydrogens is 316 g/mol. The molecule has 1 aliphatic rings. The van der Waals surface area contributed by atoms with Crippen LogP contribution in [-0.4, -0.2) is 94.3 Å². The maximum atomic E-state index is 10.4. The lowest BCUT2D eigenvalue weighted by Gasteiger charge is -2.34. The lowest BCUT2D eigenvalue weighted by atomic mass is 10.2. The number of aliphatic hydroxyl groups excluding tert-OH is 1. The molecule has 1 saturated heterocycles. The summed E-state index contributed by atoms with van der Waals surface area (Å²) in [7, 11) is 4.15. The Balaban J connectivity index is 1.46. The van der Waals surface area contributed by atoms with E-state index in [1.54, 1.807) is 11.0 Å². The van der Waals surface area contributed by atoms with Gasteiger partial charge in [-0.1, -0.05) is 18.2 Å². The molecule has 25 heavy (non-hydrogen) atoms. The zero-order chi connectivity index (χ0) is 17.6. The first kappa shape index (κ1) is 18.0. The fraction of sp³-hybridized carbons (Fsp3) is 0.556. The number of hydrogen-bond donors (Lipinski definition) is 1. The Morgan fingerprint density at radius 2 is 1.88 bits per heavy atom. The number of β-amino-alcohol motifs (C(OH)–C–C–N with tert-alkyl or cyclic N) is 1. The fourth-order valence-electron chi connectivity index (χ4n) is 3.14. The molecule has 0 bridgehead atoms. The van der Waals surface area contributed by atoms with E-state index in [1.165, 1.54) is 0 Å². The number of piperazine rings is 1. The monoisotopic (exact) mass is 344 g/mol. The minimum absolute atomic E-state index is 0.349. The number of aliphatic hydroxyl groups is 1. The Kier molecular flexibility index (Phi) is 6.14. The Hall–Kier alpha value is -1.80. The van der Waals surface area contributed by atoms with Crippen LogP contribution in [0.4, 0.5) is 0 Å². The quantitative estimate of drug-likeness (QED) is 0.780. The molecule has 1 aromatic carbocycles. The molecule has 1 unspecified atom stereocenters. The minimum atomic E-state index is -0.349. The molecule has 7 nitrogen and oxygen atoms in total. The summed E-state index contributed by atoms with van der Waals surface area (Å²) in [4.78, 5) is 8.40. The van der Waals surface area contributed by atoms with Crippen molar-refractivity contribution in [3.63, 3.8) is 0 Å². The average molecular weight is 344 g/mol. The van der Waals surface area contributed by atoms with E-state index in [9.17, 15) is 5.11 Å². The van der Waals surface area contributed by atoms with Crippen molar-refractivity contribution in [2.24, 2.45) is 0 Å². The van der Waals surface area contributed by atoms with Gasteiger partial charge in [-0.25, -0.2) is 0 Å². The van der Waals surface area contributed by atoms with Gasteiger partial charge in [0.25, 0.3) is 0 Å². The molecule has 2 aromatic rings. The molecule has 1 aromatic heterocycles. The molecule has 1 N–H and O–H groups in total. The summed E-state index contributed by atoms with van der Waals surface area (Å²) in [5.74, 6) is 0. The van der Waals surface area contributed by atoms with Gasteiger partial charge in [0, 0.05) is 45.8 Å². The van der Waals surface area contributed by atoms with Crippen LogP contribution in [0.3, 0.4) is 0 Å². The van der Waals surface area contributed by atoms with E-state index in [4.69, 9.17) is 0 Å². The lowest BCUT2D eigenvalue weighted by molar-refractivity contribution is 0.0591. The van der Waals surface area contributed by atoms with Gasteiger partial charge in [0.05, 0.1) is 23.7 Å². The number of benzene rings is 1. The summed E-state index contributed by atoms with van der Waals surface area (Å²) in [5.41, 5.74) is 1.85. The topological polar surface area (TPSA) is 60.7 Å². The lowest BCUT2D eigenvalue weighted by Crippen LogP contribution is -2.48. The SMILES string of the molecule is CN1CCN(CC(O)CN(C)Cc2cnn(-c3ccccc3)n2)CC1. The Morgan fingerprint density at radius 1 is 1.16 bits per heavy atom. The van der Waals surface area contributed by atoms with E-state index in [1.807, 2.05) is 37.4 Å². The number of nitrogens with zero attached hydrogens (tertiary/aromatic N) is 6. The van der Waals surface area contributed by atoms with Crippen LogP contribution in [0.2, 0.25) is 0 Å². The van der Waals surface area contributed by atoms with E-state index in [2.05, 4.69) is 31.9 Å². The largest absolute Gasteiger partial charge is 0.390 e. The highest BCUT2D eigenvalue weighted by Gasteiger charge is 2.18. The zero-order valence-electron chi connectivity index (χ0n) is 15.1. The molecule has 1 aliphatic heterocycles. The van der Waals surface area contributed by atoms with Crippen molar-refractivity contribution in [3.05, 3.63) is 42.2 Å². The summed E-state index contributed by atoms with van der Waals surface area (Å²) < 4.78 is 0. The van der Waals surface area contributed by atoms with Crippen LogP contribution in [0, 0.1) is 0 Å². The van der Waals surface area contributed by atoms with Crippen molar-refractivity contribution in [2.45, 2.75) is 12.6 Å². The van der Waals surface area contributed by atoms with Gasteiger partial charge < -0.3 is 10.0 Å². The first-order chi connectivity index (χ1) is 12.1. The summed E-state index contributed by atoms with van der Waals surface area (Å²) in [6.07, 6.45) is 1.44. The first-order valence-corrected chi connectivity index (χ1v) is 8.84. The highest BCUT2D eigenvalue weighted by molar-refractivity contribution is 5.28. The van der Waals surface area contributed by atoms with E-state index in [-0.39, 0.29) is 6.10 Å². The predicted octanol–water partition coefficient (Wildman–Crippen LogP) is 0.307. The van der Waals surface area contributed by atoms with E-state index in [0.29, 0.717) is 13.1 Å². The van der Waals surface area contributed by atoms with Crippen LogP contribution in [0.15, 0.2) is 36.5 Å². The van der Waals surface area contributed by atoms with Crippen LogP contribution in [0.25, 0.3) is 5.69 Å². The third-order valence-corrected chi connectivity index (χ3v) is 4.55. The van der Waals surface area contributed by atoms with E-state index < -0.39 is 0 Å². The van der Waals surface area contributed by atoms with Crippen molar-refractivity contribution >= 4 is 0 Å². The van der Waals surface area contributed by atoms with Gasteiger partial charge in [0.1, 0.15) is 0 Å². The van der Waals surface area contributed by atoms with Crippen molar-refractivity contribution in [2.75, 3.05) is 53.4 Å². The fourth-order valence-corrected chi connectivity index (χ4v) is 3.14. The molecular formula is C18H28N6O. The van der Waals surface area contributed by atoms with Gasteiger partial charge in [0.2, 0.25) is 0 Å². The van der Waals surface area contributed by atoms with Crippen molar-refractivity contribution in [1.82, 2.24) is 29.7 Å². The highest BCUT2D eigenvalue weighted by Crippen LogP contribution is 2.07. The smallest absolute Gasteiger partial charge is 0.0971 e. The van der Waals surface area contributed by atoms with Crippen LogP contribution in [0.5, 0.6) is 0 Å². The van der Waals surface area contributed by atoms with Crippen molar-refractivity contribution < 1.29 is 5.11 Å². The maximum absolute atomic E-state index is 10.4. The van der Waals surface area contributed by atoms with Crippen LogP contribution in [-0.2, 0) is 6.54 Å². The van der Waals surface area contributed by atoms with Gasteiger partial charge in [-0.2, -0.15) is 15.0 Å². The van der Waals surface area contributed by atoms with Gasteiger partial charge in [-0.15, -0.1) is 0 Å². The average Bonchev–Trinajstić information content (AvgIpc) is 3.06. The first-order valence-electron chi connectivity index (χ1n) is 8.84. The summed E-state index contributed by atoms with van der Waals surface area (Å²) in [6, 6.07) is 9.88. The van der Waals surface area contributed by atoms with E-state index in [0.717, 1.165) is 44.1 Å². The van der Waals surface area contributed by atoms with E-state index >= 15 is 0 Å². The van der Waals surface area contributed by atoms with Crippen LogP contribution < -0.4 is 0 Å². The molecule has 0 spiro atoms. The normalized spacial score (nSPS) is 17.9. The number of para-hydroxylation sites is 1. The Morgan fingerprint density at radius 3 is 2.60 bits per heavy atom. The molecule has 0 saturated carbocycles. The second-order valence-corrected chi connectivity index (χ2v) is 6.92. The molecule has 2 heterocycles. The van der Waals surface area contributed by atoms with Crippen LogP contribution in [0.1, 0.15) is 5.69 Å². The Labute approximate surface area is 149 Å². The predicted molar refractivity (Wildman–Crippen MR) is 97.6 cm³/mol. The molecule has 0 amide bonds. The summed E-state index contributed by atoms with van der Waals surface area (Å²) in [6.45, 7) is 6.24. The molecule has 0 radical (unpaired) electrons. The van der Waals surface area contributed by atoms with Gasteiger partial charge in [0.15, 0.2) is 0 Å². The number of hydrogen-bond acceptors (Lipinski definition) is 6. The van der Waals surface area contributed by atoms with Gasteiger partial charge in [-0.05, 0) is 26.2 Å². The van der Waals surface area contributed by atoms with Crippen molar-refractivity contribution in [1.29, 1.82) is 0 Å². The Bertz CT molecular complexity index is 638. The molecule has 7 heteroatoms. The standard InChI is InChI=1S/C18H28N6O/c1-21-8-10-23(11-9-21)15-18(25)14-22(2)13-16-12-19-24(20-16)17-6-4-3-5-7-17/h3-7,12,18,25H,8-11,13-15H2,1-2H3. The second-order valence-electron chi connectivity index (χ2n) is 6.92. The zero-order valence-corrected chi connectivity index (χ0v) is 15.1. The van der Waals surface area contributed by atoms with Crippen LogP contribution >= 0.6 is 0 Å². The highest BCUT2D eigenvalue weighted by atomic mass is 16.3. The van der Waals surface area contributed by atoms with Gasteiger partial charge in [-0.3, -0.25) is 9.80 Å². The second kappa shape index (κ2) is 8.53. The molecule has 3 rings (SSSR count). The molecule has 1 fully saturated rings. The number of likely N-dealkylation sites (N-methyl/N-ethyl adjacent to an activating group) is 2. The molecule has 136 valence electrons. The maximum Gasteiger partial charge on any atom is 0.0971 e. The van der Waals surface area contributed by atoms with Gasteiger partial charge >= 0.3 is 0 Å². The summed E-state index contributed by atoms with van der Waals surface area (Å²) >= 11 is 0. The molecule has 1 atom stereocenters. The number of rotatable bonds is 7. The minimum Gasteiger partial charge on any atom is -0.390 e. The van der Waals surface area contributed by atoms with Crippen molar-refractivity contribution in [3.8, 4) is 5.69 Å². The summed E-state index contributed by atoms with van der Waals surface area (Å²) in [5, 5.41) is 19.2. The third-order valence-electron chi connectivity index (χ3n) is 4.55. The molecule has 0 aliphatic carbocycles. The number of aromatic nitrogens is 3.